The van der Waals surface area contributed by atoms with E-state index in [1.807, 2.05) is 0 Å². The molecule has 0 aliphatic rings. The quantitative estimate of drug-likeness (QED) is 0.411. The lowest BCUT2D eigenvalue weighted by molar-refractivity contribution is -0.137. The summed E-state index contributed by atoms with van der Waals surface area (Å²) in [5.74, 6) is -2.94. The molecular formula is C16H13BrF5N3O4S. The molecule has 0 radical (unpaired) electrons. The molecule has 0 bridgehead atoms. The van der Waals surface area contributed by atoms with Crippen LogP contribution in [-0.2, 0) is 26.7 Å². The van der Waals surface area contributed by atoms with Gasteiger partial charge in [0.15, 0.2) is 11.5 Å². The average molecular weight is 518 g/mol. The minimum atomic E-state index is -4.75. The van der Waals surface area contributed by atoms with E-state index in [0.717, 1.165) is 31.6 Å². The molecule has 0 saturated heterocycles. The molecule has 7 nitrogen and oxygen atoms in total. The van der Waals surface area contributed by atoms with Crippen molar-refractivity contribution in [2.75, 3.05) is 18.0 Å². The maximum atomic E-state index is 13.1. The van der Waals surface area contributed by atoms with E-state index in [-0.39, 0.29) is 14.3 Å². The van der Waals surface area contributed by atoms with Crippen LogP contribution >= 0.6 is 15.9 Å². The van der Waals surface area contributed by atoms with Gasteiger partial charge in [-0.3, -0.25) is 0 Å². The van der Waals surface area contributed by atoms with Crippen LogP contribution < -0.4 is 4.31 Å². The number of anilines is 1. The highest BCUT2D eigenvalue weighted by atomic mass is 79.9. The number of rotatable bonds is 7. The summed E-state index contributed by atoms with van der Waals surface area (Å²) in [6.07, 6.45) is -5.94. The van der Waals surface area contributed by atoms with Gasteiger partial charge in [0.05, 0.1) is 25.0 Å². The van der Waals surface area contributed by atoms with Crippen molar-refractivity contribution in [3.63, 3.8) is 0 Å². The molecule has 2 aromatic rings. The van der Waals surface area contributed by atoms with E-state index in [4.69, 9.17) is 0 Å². The Bertz CT molecular complexity index is 1030. The number of sulfonamides is 1. The Morgan fingerprint density at radius 3 is 2.43 bits per heavy atom. The number of halogens is 6. The first kappa shape index (κ1) is 23.9. The van der Waals surface area contributed by atoms with Crippen molar-refractivity contribution in [3.05, 3.63) is 51.9 Å². The molecule has 30 heavy (non-hydrogen) atoms. The van der Waals surface area contributed by atoms with Crippen LogP contribution in [0.3, 0.4) is 0 Å². The van der Waals surface area contributed by atoms with Gasteiger partial charge >= 0.3 is 12.1 Å². The van der Waals surface area contributed by atoms with E-state index in [1.54, 1.807) is 0 Å². The van der Waals surface area contributed by atoms with Crippen molar-refractivity contribution >= 4 is 37.7 Å². The van der Waals surface area contributed by atoms with Crippen molar-refractivity contribution in [2.24, 2.45) is 0 Å². The van der Waals surface area contributed by atoms with Gasteiger partial charge in [-0.05, 0) is 23.8 Å². The third-order valence-electron chi connectivity index (χ3n) is 3.64. The average Bonchev–Trinajstić information content (AvgIpc) is 2.66. The van der Waals surface area contributed by atoms with E-state index < -0.39 is 58.0 Å². The minimum absolute atomic E-state index is 0.0170. The molecule has 14 heteroatoms. The predicted molar refractivity (Wildman–Crippen MR) is 98.5 cm³/mol. The molecule has 1 aromatic carbocycles. The highest BCUT2D eigenvalue weighted by Gasteiger charge is 2.34. The SMILES string of the molecule is COC(=O)c1nccnc1N(CC(F)F)S(=O)(=O)Cc1cc(C(F)(F)F)ccc1Br. The Morgan fingerprint density at radius 1 is 1.23 bits per heavy atom. The first-order valence-electron chi connectivity index (χ1n) is 7.90. The van der Waals surface area contributed by atoms with E-state index in [2.05, 4.69) is 30.6 Å². The number of esters is 1. The summed E-state index contributed by atoms with van der Waals surface area (Å²) in [5, 5.41) is 0. The van der Waals surface area contributed by atoms with Crippen LogP contribution in [0.1, 0.15) is 21.6 Å². The molecular weight excluding hydrogens is 505 g/mol. The normalized spacial score (nSPS) is 12.1. The summed E-state index contributed by atoms with van der Waals surface area (Å²) in [6, 6.07) is 2.31. The molecule has 0 spiro atoms. The van der Waals surface area contributed by atoms with Crippen molar-refractivity contribution in [1.82, 2.24) is 9.97 Å². The van der Waals surface area contributed by atoms with Gasteiger partial charge in [-0.2, -0.15) is 13.2 Å². The fourth-order valence-corrected chi connectivity index (χ4v) is 4.44. The van der Waals surface area contributed by atoms with Crippen molar-refractivity contribution in [2.45, 2.75) is 18.4 Å². The molecule has 0 atom stereocenters. The van der Waals surface area contributed by atoms with Crippen LogP contribution in [0, 0.1) is 0 Å². The van der Waals surface area contributed by atoms with Gasteiger partial charge in [0.2, 0.25) is 10.0 Å². The van der Waals surface area contributed by atoms with Crippen molar-refractivity contribution in [3.8, 4) is 0 Å². The van der Waals surface area contributed by atoms with E-state index in [1.165, 1.54) is 0 Å². The third-order valence-corrected chi connectivity index (χ3v) is 6.09. The molecule has 0 unspecified atom stereocenters. The third kappa shape index (κ3) is 5.62. The largest absolute Gasteiger partial charge is 0.464 e. The highest BCUT2D eigenvalue weighted by Crippen LogP contribution is 2.33. The summed E-state index contributed by atoms with van der Waals surface area (Å²) in [7, 11) is -3.76. The zero-order valence-electron chi connectivity index (χ0n) is 15.0. The number of methoxy groups -OCH3 is 1. The molecule has 164 valence electrons. The summed E-state index contributed by atoms with van der Waals surface area (Å²) in [4.78, 5) is 19.1. The lowest BCUT2D eigenvalue weighted by atomic mass is 10.1. The molecule has 0 N–H and O–H groups in total. The second-order valence-electron chi connectivity index (χ2n) is 5.70. The molecule has 0 aliphatic carbocycles. The predicted octanol–water partition coefficient (Wildman–Crippen LogP) is 3.65. The van der Waals surface area contributed by atoms with E-state index in [9.17, 15) is 35.2 Å². The second kappa shape index (κ2) is 9.20. The number of hydrogen-bond donors (Lipinski definition) is 0. The first-order valence-corrected chi connectivity index (χ1v) is 10.3. The van der Waals surface area contributed by atoms with Crippen LogP contribution in [-0.4, -0.2) is 44.4 Å². The number of benzene rings is 1. The van der Waals surface area contributed by atoms with Gasteiger partial charge < -0.3 is 4.74 Å². The van der Waals surface area contributed by atoms with E-state index >= 15 is 0 Å². The van der Waals surface area contributed by atoms with Crippen LogP contribution in [0.2, 0.25) is 0 Å². The number of carbonyl (C=O) groups excluding carboxylic acids is 1. The van der Waals surface area contributed by atoms with Gasteiger partial charge in [-0.1, -0.05) is 15.9 Å². The number of ether oxygens (including phenoxy) is 1. The number of aromatic nitrogens is 2. The van der Waals surface area contributed by atoms with Gasteiger partial charge in [-0.25, -0.2) is 36.3 Å². The van der Waals surface area contributed by atoms with Crippen LogP contribution in [0.5, 0.6) is 0 Å². The number of hydrogen-bond acceptors (Lipinski definition) is 6. The summed E-state index contributed by atoms with van der Waals surface area (Å²) in [6.45, 7) is -1.40. The van der Waals surface area contributed by atoms with Gasteiger partial charge in [0.1, 0.15) is 0 Å². The fourth-order valence-electron chi connectivity index (χ4n) is 2.35. The fraction of sp³-hybridized carbons (Fsp3) is 0.312. The lowest BCUT2D eigenvalue weighted by Crippen LogP contribution is -2.38. The Hall–Kier alpha value is -2.35. The highest BCUT2D eigenvalue weighted by molar-refractivity contribution is 9.10. The standard InChI is InChI=1S/C16H13BrF5N3O4S/c1-29-15(26)13-14(24-5-4-23-13)25(7-12(18)19)30(27,28)8-9-6-10(16(20,21)22)2-3-11(9)17/h2-6,12H,7-8H2,1H3. The van der Waals surface area contributed by atoms with Crippen LogP contribution in [0.15, 0.2) is 35.1 Å². The monoisotopic (exact) mass is 517 g/mol. The second-order valence-corrected chi connectivity index (χ2v) is 8.45. The zero-order valence-corrected chi connectivity index (χ0v) is 17.4. The number of alkyl halides is 5. The Morgan fingerprint density at radius 2 is 1.87 bits per heavy atom. The first-order chi connectivity index (χ1) is 13.9. The van der Waals surface area contributed by atoms with Gasteiger partial charge in [0, 0.05) is 16.9 Å². The Kier molecular flexibility index (Phi) is 7.34. The maximum absolute atomic E-state index is 13.1. The summed E-state index contributed by atoms with van der Waals surface area (Å²) >= 11 is 2.95. The zero-order chi connectivity index (χ0) is 22.7. The molecule has 0 saturated carbocycles. The van der Waals surface area contributed by atoms with E-state index in [0.29, 0.717) is 6.07 Å². The molecule has 2 rings (SSSR count). The van der Waals surface area contributed by atoms with Gasteiger partial charge in [0.25, 0.3) is 6.43 Å². The molecule has 1 heterocycles. The minimum Gasteiger partial charge on any atom is -0.464 e. The molecule has 0 aliphatic heterocycles. The lowest BCUT2D eigenvalue weighted by Gasteiger charge is -2.24. The van der Waals surface area contributed by atoms with Crippen molar-refractivity contribution < 1.29 is 39.9 Å². The van der Waals surface area contributed by atoms with Crippen LogP contribution in [0.4, 0.5) is 27.8 Å². The number of carbonyl (C=O) groups is 1. The maximum Gasteiger partial charge on any atom is 0.416 e. The molecule has 0 amide bonds. The topological polar surface area (TPSA) is 89.5 Å². The Labute approximate surface area is 176 Å². The van der Waals surface area contributed by atoms with Crippen molar-refractivity contribution in [1.29, 1.82) is 0 Å². The van der Waals surface area contributed by atoms with Crippen LogP contribution in [0.25, 0.3) is 0 Å². The Balaban J connectivity index is 2.55. The number of nitrogens with zero attached hydrogens (tertiary/aromatic N) is 3. The smallest absolute Gasteiger partial charge is 0.416 e. The summed E-state index contributed by atoms with van der Waals surface area (Å²) in [5.41, 5.74) is -2.09. The molecule has 1 aromatic heterocycles. The van der Waals surface area contributed by atoms with Gasteiger partial charge in [-0.15, -0.1) is 0 Å². The molecule has 0 fully saturated rings. The summed E-state index contributed by atoms with van der Waals surface area (Å²) < 4.78 is 95.5.